The minimum absolute atomic E-state index is 0.515. The van der Waals surface area contributed by atoms with Crippen LogP contribution in [0.5, 0.6) is 0 Å². The van der Waals surface area contributed by atoms with E-state index in [9.17, 15) is 0 Å². The van der Waals surface area contributed by atoms with Crippen molar-refractivity contribution in [3.63, 3.8) is 0 Å². The molecule has 100 valence electrons. The molecule has 1 aliphatic heterocycles. The Morgan fingerprint density at radius 2 is 1.94 bits per heavy atom. The highest BCUT2D eigenvalue weighted by molar-refractivity contribution is 5.28. The predicted octanol–water partition coefficient (Wildman–Crippen LogP) is 2.99. The molecule has 0 radical (unpaired) electrons. The van der Waals surface area contributed by atoms with Crippen LogP contribution in [0.25, 0.3) is 0 Å². The van der Waals surface area contributed by atoms with Gasteiger partial charge in [0.2, 0.25) is 0 Å². The molecule has 0 amide bonds. The van der Waals surface area contributed by atoms with E-state index in [1.54, 1.807) is 0 Å². The summed E-state index contributed by atoms with van der Waals surface area (Å²) in [6.45, 7) is 8.14. The summed E-state index contributed by atoms with van der Waals surface area (Å²) in [5.41, 5.74) is 2.87. The second kappa shape index (κ2) is 6.35. The number of benzene rings is 1. The first-order chi connectivity index (χ1) is 8.68. The van der Waals surface area contributed by atoms with E-state index in [-0.39, 0.29) is 0 Å². The van der Waals surface area contributed by atoms with Crippen LogP contribution in [0.3, 0.4) is 0 Å². The summed E-state index contributed by atoms with van der Waals surface area (Å²) >= 11 is 0. The maximum absolute atomic E-state index is 3.44. The molecule has 1 heterocycles. The topological polar surface area (TPSA) is 15.3 Å². The standard InChI is InChI=1S/C16H26N2/c1-13-6-4-5-7-16(13)14(2)18(3)12-15-8-10-17-11-9-15/h4-7,14-15,17H,8-12H2,1-3H3. The molecule has 0 bridgehead atoms. The first-order valence-electron chi connectivity index (χ1n) is 7.15. The third-order valence-electron chi connectivity index (χ3n) is 4.30. The third kappa shape index (κ3) is 3.33. The van der Waals surface area contributed by atoms with Crippen LogP contribution in [-0.4, -0.2) is 31.6 Å². The normalized spacial score (nSPS) is 19.1. The molecule has 2 rings (SSSR count). The summed E-state index contributed by atoms with van der Waals surface area (Å²) in [5, 5.41) is 3.44. The Kier molecular flexibility index (Phi) is 4.79. The Morgan fingerprint density at radius 1 is 1.28 bits per heavy atom. The van der Waals surface area contributed by atoms with Gasteiger partial charge in [-0.25, -0.2) is 0 Å². The number of nitrogens with zero attached hydrogens (tertiary/aromatic N) is 1. The van der Waals surface area contributed by atoms with Crippen molar-refractivity contribution in [2.75, 3.05) is 26.7 Å². The second-order valence-corrected chi connectivity index (χ2v) is 5.67. The number of hydrogen-bond acceptors (Lipinski definition) is 2. The molecule has 0 spiro atoms. The molecule has 1 aromatic rings. The number of aryl methyl sites for hydroxylation is 1. The zero-order valence-corrected chi connectivity index (χ0v) is 11.9. The molecule has 0 aliphatic carbocycles. The van der Waals surface area contributed by atoms with Gasteiger partial charge in [-0.05, 0) is 63.9 Å². The van der Waals surface area contributed by atoms with Crippen LogP contribution >= 0.6 is 0 Å². The van der Waals surface area contributed by atoms with E-state index in [1.165, 1.54) is 43.6 Å². The van der Waals surface area contributed by atoms with Gasteiger partial charge in [0.1, 0.15) is 0 Å². The second-order valence-electron chi connectivity index (χ2n) is 5.67. The van der Waals surface area contributed by atoms with Crippen LogP contribution in [0.2, 0.25) is 0 Å². The molecule has 1 aromatic carbocycles. The van der Waals surface area contributed by atoms with Gasteiger partial charge in [-0.2, -0.15) is 0 Å². The average molecular weight is 246 g/mol. The zero-order valence-electron chi connectivity index (χ0n) is 11.9. The fraction of sp³-hybridized carbons (Fsp3) is 0.625. The van der Waals surface area contributed by atoms with E-state index in [0.717, 1.165) is 5.92 Å². The van der Waals surface area contributed by atoms with Crippen LogP contribution in [0.15, 0.2) is 24.3 Å². The lowest BCUT2D eigenvalue weighted by Gasteiger charge is -2.32. The lowest BCUT2D eigenvalue weighted by atomic mass is 9.95. The molecule has 2 heteroatoms. The summed E-state index contributed by atoms with van der Waals surface area (Å²) in [7, 11) is 2.26. The van der Waals surface area contributed by atoms with Crippen LogP contribution in [0, 0.1) is 12.8 Å². The Hall–Kier alpha value is -0.860. The van der Waals surface area contributed by atoms with Gasteiger partial charge in [0.25, 0.3) is 0 Å². The maximum atomic E-state index is 3.44. The average Bonchev–Trinajstić information content (AvgIpc) is 2.39. The van der Waals surface area contributed by atoms with Crippen LogP contribution in [0.4, 0.5) is 0 Å². The third-order valence-corrected chi connectivity index (χ3v) is 4.30. The highest BCUT2D eigenvalue weighted by atomic mass is 15.1. The fourth-order valence-corrected chi connectivity index (χ4v) is 2.92. The lowest BCUT2D eigenvalue weighted by molar-refractivity contribution is 0.196. The Morgan fingerprint density at radius 3 is 2.61 bits per heavy atom. The van der Waals surface area contributed by atoms with E-state index >= 15 is 0 Å². The van der Waals surface area contributed by atoms with E-state index in [1.807, 2.05) is 0 Å². The van der Waals surface area contributed by atoms with Crippen molar-refractivity contribution in [1.82, 2.24) is 10.2 Å². The van der Waals surface area contributed by atoms with Crippen molar-refractivity contribution in [1.29, 1.82) is 0 Å². The molecule has 2 nitrogen and oxygen atoms in total. The maximum Gasteiger partial charge on any atom is 0.0319 e. The van der Waals surface area contributed by atoms with Crippen molar-refractivity contribution in [3.8, 4) is 0 Å². The molecule has 1 saturated heterocycles. The highest BCUT2D eigenvalue weighted by Gasteiger charge is 2.19. The molecular weight excluding hydrogens is 220 g/mol. The van der Waals surface area contributed by atoms with E-state index in [4.69, 9.17) is 0 Å². The summed E-state index contributed by atoms with van der Waals surface area (Å²) < 4.78 is 0. The fourth-order valence-electron chi connectivity index (χ4n) is 2.92. The van der Waals surface area contributed by atoms with Crippen LogP contribution < -0.4 is 5.32 Å². The zero-order chi connectivity index (χ0) is 13.0. The minimum atomic E-state index is 0.515. The lowest BCUT2D eigenvalue weighted by Crippen LogP contribution is -2.35. The van der Waals surface area contributed by atoms with Gasteiger partial charge in [-0.1, -0.05) is 24.3 Å². The molecule has 0 saturated carbocycles. The van der Waals surface area contributed by atoms with Gasteiger partial charge in [-0.3, -0.25) is 4.90 Å². The summed E-state index contributed by atoms with van der Waals surface area (Å²) in [6.07, 6.45) is 2.65. The number of hydrogen-bond donors (Lipinski definition) is 1. The van der Waals surface area contributed by atoms with Crippen molar-refractivity contribution in [3.05, 3.63) is 35.4 Å². The molecular formula is C16H26N2. The monoisotopic (exact) mass is 246 g/mol. The first-order valence-corrected chi connectivity index (χ1v) is 7.15. The van der Waals surface area contributed by atoms with E-state index in [0.29, 0.717) is 6.04 Å². The summed E-state index contributed by atoms with van der Waals surface area (Å²) in [5.74, 6) is 0.864. The quantitative estimate of drug-likeness (QED) is 0.878. The molecule has 18 heavy (non-hydrogen) atoms. The van der Waals surface area contributed by atoms with Gasteiger partial charge in [0.15, 0.2) is 0 Å². The molecule has 1 N–H and O–H groups in total. The first kappa shape index (κ1) is 13.6. The highest BCUT2D eigenvalue weighted by Crippen LogP contribution is 2.24. The summed E-state index contributed by atoms with van der Waals surface area (Å²) in [4.78, 5) is 2.51. The van der Waals surface area contributed by atoms with Gasteiger partial charge >= 0.3 is 0 Å². The number of piperidine rings is 1. The Balaban J connectivity index is 1.95. The van der Waals surface area contributed by atoms with Crippen LogP contribution in [-0.2, 0) is 0 Å². The largest absolute Gasteiger partial charge is 0.317 e. The number of nitrogens with one attached hydrogen (secondary N) is 1. The number of rotatable bonds is 4. The SMILES string of the molecule is Cc1ccccc1C(C)N(C)CC1CCNCC1. The molecule has 1 atom stereocenters. The minimum Gasteiger partial charge on any atom is -0.317 e. The smallest absolute Gasteiger partial charge is 0.0319 e. The summed E-state index contributed by atoms with van der Waals surface area (Å²) in [6, 6.07) is 9.26. The van der Waals surface area contributed by atoms with E-state index in [2.05, 4.69) is 55.4 Å². The Bertz CT molecular complexity index is 369. The predicted molar refractivity (Wildman–Crippen MR) is 77.8 cm³/mol. The molecule has 0 aromatic heterocycles. The van der Waals surface area contributed by atoms with Crippen LogP contribution in [0.1, 0.15) is 36.9 Å². The molecule has 1 aliphatic rings. The van der Waals surface area contributed by atoms with Crippen molar-refractivity contribution in [2.24, 2.45) is 5.92 Å². The molecule has 1 unspecified atom stereocenters. The van der Waals surface area contributed by atoms with Crippen molar-refractivity contribution < 1.29 is 0 Å². The van der Waals surface area contributed by atoms with E-state index < -0.39 is 0 Å². The van der Waals surface area contributed by atoms with Gasteiger partial charge in [-0.15, -0.1) is 0 Å². The van der Waals surface area contributed by atoms with Crippen molar-refractivity contribution >= 4 is 0 Å². The van der Waals surface area contributed by atoms with Gasteiger partial charge in [0, 0.05) is 12.6 Å². The molecule has 1 fully saturated rings. The van der Waals surface area contributed by atoms with Crippen molar-refractivity contribution in [2.45, 2.75) is 32.7 Å². The Labute approximate surface area is 111 Å². The van der Waals surface area contributed by atoms with Gasteiger partial charge < -0.3 is 5.32 Å². The van der Waals surface area contributed by atoms with Gasteiger partial charge in [0.05, 0.1) is 0 Å².